The third kappa shape index (κ3) is 3.55. The lowest BCUT2D eigenvalue weighted by Gasteiger charge is -2.17. The van der Waals surface area contributed by atoms with E-state index in [0.29, 0.717) is 30.3 Å². The number of anilines is 2. The molecule has 5 nitrogen and oxygen atoms in total. The minimum atomic E-state index is -0.455. The summed E-state index contributed by atoms with van der Waals surface area (Å²) in [5, 5.41) is 3.01. The van der Waals surface area contributed by atoms with E-state index in [1.54, 1.807) is 26.0 Å². The fourth-order valence-corrected chi connectivity index (χ4v) is 1.51. The second kappa shape index (κ2) is 6.74. The van der Waals surface area contributed by atoms with E-state index in [9.17, 15) is 4.79 Å². The summed E-state index contributed by atoms with van der Waals surface area (Å²) in [7, 11) is 0. The van der Waals surface area contributed by atoms with Crippen LogP contribution >= 0.6 is 0 Å². The van der Waals surface area contributed by atoms with E-state index in [4.69, 9.17) is 15.2 Å². The lowest BCUT2D eigenvalue weighted by Crippen LogP contribution is -2.28. The molecule has 0 bridgehead atoms. The molecule has 0 aliphatic carbocycles. The maximum absolute atomic E-state index is 11.5. The number of para-hydroxylation sites is 1. The van der Waals surface area contributed by atoms with Crippen molar-refractivity contribution in [1.29, 1.82) is 0 Å². The lowest BCUT2D eigenvalue weighted by atomic mass is 10.2. The van der Waals surface area contributed by atoms with Gasteiger partial charge in [0.15, 0.2) is 0 Å². The second-order valence-corrected chi connectivity index (χ2v) is 3.77. The lowest BCUT2D eigenvalue weighted by molar-refractivity contribution is -0.143. The molecule has 0 radical (unpaired) electrons. The van der Waals surface area contributed by atoms with E-state index in [0.717, 1.165) is 0 Å². The molecule has 1 rings (SSSR count). The normalized spacial score (nSPS) is 11.7. The van der Waals surface area contributed by atoms with Crippen LogP contribution in [0.4, 0.5) is 11.4 Å². The molecule has 0 amide bonds. The summed E-state index contributed by atoms with van der Waals surface area (Å²) in [5.41, 5.74) is 7.12. The Morgan fingerprint density at radius 2 is 2.11 bits per heavy atom. The van der Waals surface area contributed by atoms with Crippen LogP contribution in [0.25, 0.3) is 0 Å². The molecular weight excluding hydrogens is 232 g/mol. The van der Waals surface area contributed by atoms with Crippen molar-refractivity contribution in [1.82, 2.24) is 0 Å². The van der Waals surface area contributed by atoms with Gasteiger partial charge in [-0.05, 0) is 32.9 Å². The van der Waals surface area contributed by atoms with Crippen molar-refractivity contribution in [3.63, 3.8) is 0 Å². The SMILES string of the molecule is CCOC(=O)C(C)Nc1cccc(OCC)c1N. The molecule has 1 atom stereocenters. The Labute approximate surface area is 107 Å². The molecule has 0 aliphatic rings. The molecule has 0 spiro atoms. The Morgan fingerprint density at radius 1 is 1.39 bits per heavy atom. The van der Waals surface area contributed by atoms with E-state index in [1.807, 2.05) is 13.0 Å². The third-order valence-electron chi connectivity index (χ3n) is 2.38. The monoisotopic (exact) mass is 252 g/mol. The third-order valence-corrected chi connectivity index (χ3v) is 2.38. The Hall–Kier alpha value is -1.91. The number of carbonyl (C=O) groups is 1. The first-order valence-electron chi connectivity index (χ1n) is 6.04. The number of esters is 1. The number of nitrogens with one attached hydrogen (secondary N) is 1. The summed E-state index contributed by atoms with van der Waals surface area (Å²) in [6.07, 6.45) is 0. The van der Waals surface area contributed by atoms with Crippen LogP contribution in [0.15, 0.2) is 18.2 Å². The van der Waals surface area contributed by atoms with Crippen molar-refractivity contribution in [3.05, 3.63) is 18.2 Å². The predicted molar refractivity (Wildman–Crippen MR) is 71.7 cm³/mol. The molecule has 0 saturated carbocycles. The first-order valence-corrected chi connectivity index (χ1v) is 6.04. The van der Waals surface area contributed by atoms with Gasteiger partial charge in [-0.2, -0.15) is 0 Å². The molecule has 18 heavy (non-hydrogen) atoms. The molecule has 1 unspecified atom stereocenters. The Balaban J connectivity index is 2.78. The second-order valence-electron chi connectivity index (χ2n) is 3.77. The highest BCUT2D eigenvalue weighted by atomic mass is 16.5. The van der Waals surface area contributed by atoms with Crippen molar-refractivity contribution in [2.24, 2.45) is 0 Å². The fraction of sp³-hybridized carbons (Fsp3) is 0.462. The minimum Gasteiger partial charge on any atom is -0.492 e. The number of ether oxygens (including phenoxy) is 2. The van der Waals surface area contributed by atoms with Gasteiger partial charge in [-0.3, -0.25) is 0 Å². The first-order chi connectivity index (χ1) is 8.60. The van der Waals surface area contributed by atoms with Crippen molar-refractivity contribution in [2.75, 3.05) is 24.3 Å². The molecular formula is C13H20N2O3. The van der Waals surface area contributed by atoms with Crippen LogP contribution in [0.1, 0.15) is 20.8 Å². The van der Waals surface area contributed by atoms with Crippen LogP contribution in [-0.2, 0) is 9.53 Å². The molecule has 0 aromatic heterocycles. The molecule has 1 aromatic rings. The van der Waals surface area contributed by atoms with E-state index < -0.39 is 6.04 Å². The molecule has 3 N–H and O–H groups in total. The quantitative estimate of drug-likeness (QED) is 0.598. The highest BCUT2D eigenvalue weighted by Gasteiger charge is 2.15. The zero-order chi connectivity index (χ0) is 13.5. The van der Waals surface area contributed by atoms with Crippen LogP contribution in [0.2, 0.25) is 0 Å². The Kier molecular flexibility index (Phi) is 5.30. The Morgan fingerprint density at radius 3 is 2.72 bits per heavy atom. The maximum Gasteiger partial charge on any atom is 0.328 e. The van der Waals surface area contributed by atoms with Crippen LogP contribution in [0, 0.1) is 0 Å². The van der Waals surface area contributed by atoms with E-state index >= 15 is 0 Å². The van der Waals surface area contributed by atoms with E-state index in [1.165, 1.54) is 0 Å². The standard InChI is InChI=1S/C13H20N2O3/c1-4-17-11-8-6-7-10(12(11)14)15-9(3)13(16)18-5-2/h6-9,15H,4-5,14H2,1-3H3. The van der Waals surface area contributed by atoms with Gasteiger partial charge in [-0.25, -0.2) is 4.79 Å². The summed E-state index contributed by atoms with van der Waals surface area (Å²) in [4.78, 5) is 11.5. The van der Waals surface area contributed by atoms with Crippen LogP contribution in [0.3, 0.4) is 0 Å². The largest absolute Gasteiger partial charge is 0.492 e. The zero-order valence-corrected chi connectivity index (χ0v) is 11.0. The van der Waals surface area contributed by atoms with Crippen molar-refractivity contribution < 1.29 is 14.3 Å². The summed E-state index contributed by atoms with van der Waals surface area (Å²) in [6, 6.07) is 4.96. The first kappa shape index (κ1) is 14.2. The van der Waals surface area contributed by atoms with Crippen LogP contribution in [0.5, 0.6) is 5.75 Å². The number of rotatable bonds is 6. The number of nitrogens with two attached hydrogens (primary N) is 1. The van der Waals surface area contributed by atoms with E-state index in [-0.39, 0.29) is 5.97 Å². The highest BCUT2D eigenvalue weighted by molar-refractivity contribution is 5.82. The Bertz CT molecular complexity index is 407. The van der Waals surface area contributed by atoms with Crippen molar-refractivity contribution in [2.45, 2.75) is 26.8 Å². The van der Waals surface area contributed by atoms with Gasteiger partial charge >= 0.3 is 5.97 Å². The van der Waals surface area contributed by atoms with Crippen LogP contribution in [-0.4, -0.2) is 25.2 Å². The summed E-state index contributed by atoms with van der Waals surface area (Å²) in [5.74, 6) is 0.303. The minimum absolute atomic E-state index is 0.307. The molecule has 0 heterocycles. The summed E-state index contributed by atoms with van der Waals surface area (Å²) < 4.78 is 10.3. The van der Waals surface area contributed by atoms with Crippen molar-refractivity contribution in [3.8, 4) is 5.75 Å². The average Bonchev–Trinajstić information content (AvgIpc) is 2.34. The topological polar surface area (TPSA) is 73.6 Å². The molecule has 0 fully saturated rings. The average molecular weight is 252 g/mol. The van der Waals surface area contributed by atoms with Gasteiger partial charge in [0.05, 0.1) is 24.6 Å². The van der Waals surface area contributed by atoms with Gasteiger partial charge in [-0.15, -0.1) is 0 Å². The van der Waals surface area contributed by atoms with Gasteiger partial charge in [-0.1, -0.05) is 6.07 Å². The number of nitrogen functional groups attached to an aromatic ring is 1. The zero-order valence-electron chi connectivity index (χ0n) is 11.0. The van der Waals surface area contributed by atoms with Gasteiger partial charge in [0.2, 0.25) is 0 Å². The van der Waals surface area contributed by atoms with Gasteiger partial charge in [0.25, 0.3) is 0 Å². The molecule has 0 aliphatic heterocycles. The maximum atomic E-state index is 11.5. The summed E-state index contributed by atoms with van der Waals surface area (Å²) >= 11 is 0. The van der Waals surface area contributed by atoms with Gasteiger partial charge < -0.3 is 20.5 Å². The number of hydrogen-bond donors (Lipinski definition) is 2. The summed E-state index contributed by atoms with van der Waals surface area (Å²) in [6.45, 7) is 6.29. The van der Waals surface area contributed by atoms with Crippen LogP contribution < -0.4 is 15.8 Å². The molecule has 5 heteroatoms. The van der Waals surface area contributed by atoms with Gasteiger partial charge in [0, 0.05) is 0 Å². The number of carbonyl (C=O) groups excluding carboxylic acids is 1. The molecule has 0 saturated heterocycles. The molecule has 1 aromatic carbocycles. The highest BCUT2D eigenvalue weighted by Crippen LogP contribution is 2.29. The van der Waals surface area contributed by atoms with Gasteiger partial charge in [0.1, 0.15) is 11.8 Å². The fourth-order valence-electron chi connectivity index (χ4n) is 1.51. The van der Waals surface area contributed by atoms with Crippen molar-refractivity contribution >= 4 is 17.3 Å². The number of hydrogen-bond acceptors (Lipinski definition) is 5. The number of benzene rings is 1. The smallest absolute Gasteiger partial charge is 0.328 e. The van der Waals surface area contributed by atoms with E-state index in [2.05, 4.69) is 5.32 Å². The predicted octanol–water partition coefficient (Wildman–Crippen LogP) is 2.03. The molecule has 100 valence electrons.